The Bertz CT molecular complexity index is 607. The number of benzene rings is 1. The van der Waals surface area contributed by atoms with Crippen LogP contribution in [0.15, 0.2) is 42.7 Å². The lowest BCUT2D eigenvalue weighted by Gasteiger charge is -2.33. The molecular weight excluding hydrogens is 278 g/mol. The summed E-state index contributed by atoms with van der Waals surface area (Å²) in [7, 11) is 1.47. The molecule has 1 aromatic heterocycles. The van der Waals surface area contributed by atoms with Crippen LogP contribution >= 0.6 is 0 Å². The summed E-state index contributed by atoms with van der Waals surface area (Å²) in [6.45, 7) is 1.72. The topological polar surface area (TPSA) is 47.4 Å². The first kappa shape index (κ1) is 14.8. The Kier molecular flexibility index (Phi) is 4.53. The Balaban J connectivity index is 1.70. The predicted molar refractivity (Wildman–Crippen MR) is 83.6 cm³/mol. The van der Waals surface area contributed by atoms with E-state index < -0.39 is 0 Å². The molecule has 3 rings (SSSR count). The van der Waals surface area contributed by atoms with Crippen molar-refractivity contribution >= 4 is 5.97 Å². The van der Waals surface area contributed by atoms with Crippen molar-refractivity contribution in [2.75, 3.05) is 13.7 Å². The van der Waals surface area contributed by atoms with Crippen LogP contribution in [0.4, 0.5) is 0 Å². The van der Waals surface area contributed by atoms with Gasteiger partial charge in [-0.05, 0) is 43.1 Å². The molecule has 2 aromatic rings. The van der Waals surface area contributed by atoms with Gasteiger partial charge in [0, 0.05) is 18.9 Å². The number of carbonyl (C=O) groups is 1. The van der Waals surface area contributed by atoms with Gasteiger partial charge in [0.15, 0.2) is 0 Å². The van der Waals surface area contributed by atoms with Gasteiger partial charge in [-0.25, -0.2) is 4.68 Å². The molecule has 0 saturated carbocycles. The van der Waals surface area contributed by atoms with Crippen molar-refractivity contribution in [2.24, 2.45) is 0 Å². The molecule has 1 aliphatic heterocycles. The van der Waals surface area contributed by atoms with Crippen molar-refractivity contribution in [1.82, 2.24) is 14.7 Å². The second-order valence-corrected chi connectivity index (χ2v) is 5.62. The van der Waals surface area contributed by atoms with E-state index in [1.807, 2.05) is 16.9 Å². The van der Waals surface area contributed by atoms with E-state index in [1.54, 1.807) is 6.20 Å². The highest BCUT2D eigenvalue weighted by molar-refractivity contribution is 5.75. The zero-order chi connectivity index (χ0) is 15.4. The Morgan fingerprint density at radius 2 is 2.14 bits per heavy atom. The number of likely N-dealkylation sites (tertiary alicyclic amines) is 1. The van der Waals surface area contributed by atoms with E-state index in [0.717, 1.165) is 38.0 Å². The van der Waals surface area contributed by atoms with Gasteiger partial charge in [0.25, 0.3) is 0 Å². The number of esters is 1. The molecule has 116 valence electrons. The molecule has 5 heteroatoms. The second kappa shape index (κ2) is 6.75. The van der Waals surface area contributed by atoms with E-state index in [4.69, 9.17) is 4.74 Å². The highest BCUT2D eigenvalue weighted by atomic mass is 16.5. The summed E-state index contributed by atoms with van der Waals surface area (Å²) in [4.78, 5) is 14.1. The third-order valence-electron chi connectivity index (χ3n) is 4.18. The number of piperidine rings is 1. The number of hydrogen-bond donors (Lipinski definition) is 0. The maximum atomic E-state index is 11.9. The molecular formula is C17H21N3O2. The zero-order valence-corrected chi connectivity index (χ0v) is 12.8. The lowest BCUT2D eigenvalue weighted by Crippen LogP contribution is -2.44. The molecule has 1 aliphatic rings. The van der Waals surface area contributed by atoms with E-state index in [-0.39, 0.29) is 12.0 Å². The maximum absolute atomic E-state index is 11.9. The molecule has 0 spiro atoms. The first-order chi connectivity index (χ1) is 10.8. The monoisotopic (exact) mass is 299 g/mol. The highest BCUT2D eigenvalue weighted by Gasteiger charge is 2.29. The SMILES string of the molecule is COC(=O)[C@H]1CCCCN1Cc1ccc(-n2cccn2)cc1. The van der Waals surface area contributed by atoms with Crippen molar-refractivity contribution in [3.05, 3.63) is 48.3 Å². The normalized spacial score (nSPS) is 19.0. The lowest BCUT2D eigenvalue weighted by atomic mass is 10.0. The number of carbonyl (C=O) groups excluding carboxylic acids is 1. The van der Waals surface area contributed by atoms with Gasteiger partial charge in [0.05, 0.1) is 12.8 Å². The molecule has 0 aliphatic carbocycles. The van der Waals surface area contributed by atoms with Gasteiger partial charge >= 0.3 is 5.97 Å². The molecule has 1 aromatic carbocycles. The van der Waals surface area contributed by atoms with Gasteiger partial charge in [0.1, 0.15) is 6.04 Å². The lowest BCUT2D eigenvalue weighted by molar-refractivity contribution is -0.148. The van der Waals surface area contributed by atoms with Crippen molar-refractivity contribution in [3.63, 3.8) is 0 Å². The van der Waals surface area contributed by atoms with Crippen molar-refractivity contribution < 1.29 is 9.53 Å². The van der Waals surface area contributed by atoms with Crippen LogP contribution in [0.1, 0.15) is 24.8 Å². The quantitative estimate of drug-likeness (QED) is 0.813. The number of rotatable bonds is 4. The summed E-state index contributed by atoms with van der Waals surface area (Å²) in [6.07, 6.45) is 6.81. The molecule has 0 unspecified atom stereocenters. The van der Waals surface area contributed by atoms with E-state index >= 15 is 0 Å². The first-order valence-corrected chi connectivity index (χ1v) is 7.69. The molecule has 1 fully saturated rings. The van der Waals surface area contributed by atoms with E-state index in [9.17, 15) is 4.79 Å². The Morgan fingerprint density at radius 1 is 1.32 bits per heavy atom. The minimum atomic E-state index is -0.118. The van der Waals surface area contributed by atoms with Crippen LogP contribution in [0.3, 0.4) is 0 Å². The van der Waals surface area contributed by atoms with Crippen LogP contribution in [0.2, 0.25) is 0 Å². The van der Waals surface area contributed by atoms with Crippen LogP contribution in [-0.4, -0.2) is 40.3 Å². The zero-order valence-electron chi connectivity index (χ0n) is 12.8. The molecule has 22 heavy (non-hydrogen) atoms. The standard InChI is InChI=1S/C17H21N3O2/c1-22-17(21)16-5-2-3-11-19(16)13-14-6-8-15(9-7-14)20-12-4-10-18-20/h4,6-10,12,16H,2-3,5,11,13H2,1H3/t16-/m1/s1. The van der Waals surface area contributed by atoms with Crippen molar-refractivity contribution in [3.8, 4) is 5.69 Å². The van der Waals surface area contributed by atoms with Crippen molar-refractivity contribution in [1.29, 1.82) is 0 Å². The van der Waals surface area contributed by atoms with Crippen LogP contribution in [0, 0.1) is 0 Å². The van der Waals surface area contributed by atoms with Gasteiger partial charge < -0.3 is 4.74 Å². The number of nitrogens with zero attached hydrogens (tertiary/aromatic N) is 3. The van der Waals surface area contributed by atoms with E-state index in [2.05, 4.69) is 34.3 Å². The van der Waals surface area contributed by atoms with Gasteiger partial charge in [-0.2, -0.15) is 5.10 Å². The molecule has 0 bridgehead atoms. The van der Waals surface area contributed by atoms with Gasteiger partial charge in [-0.3, -0.25) is 9.69 Å². The first-order valence-electron chi connectivity index (χ1n) is 7.69. The molecule has 0 amide bonds. The average molecular weight is 299 g/mol. The second-order valence-electron chi connectivity index (χ2n) is 5.62. The number of hydrogen-bond acceptors (Lipinski definition) is 4. The summed E-state index contributed by atoms with van der Waals surface area (Å²) in [5, 5.41) is 4.22. The van der Waals surface area contributed by atoms with Gasteiger partial charge in [-0.1, -0.05) is 18.6 Å². The summed E-state index contributed by atoms with van der Waals surface area (Å²) < 4.78 is 6.77. The molecule has 5 nitrogen and oxygen atoms in total. The number of aromatic nitrogens is 2. The summed E-state index contributed by atoms with van der Waals surface area (Å²) in [5.74, 6) is -0.118. The van der Waals surface area contributed by atoms with Crippen LogP contribution in [0.5, 0.6) is 0 Å². The Morgan fingerprint density at radius 3 is 2.82 bits per heavy atom. The summed E-state index contributed by atoms with van der Waals surface area (Å²) in [6, 6.07) is 10.1. The van der Waals surface area contributed by atoms with Crippen LogP contribution < -0.4 is 0 Å². The fraction of sp³-hybridized carbons (Fsp3) is 0.412. The van der Waals surface area contributed by atoms with Gasteiger partial charge in [-0.15, -0.1) is 0 Å². The molecule has 1 atom stereocenters. The third-order valence-corrected chi connectivity index (χ3v) is 4.18. The molecule has 2 heterocycles. The minimum absolute atomic E-state index is 0.107. The average Bonchev–Trinajstić information content (AvgIpc) is 3.10. The molecule has 0 N–H and O–H groups in total. The predicted octanol–water partition coefficient (Wildman–Crippen LogP) is 2.40. The van der Waals surface area contributed by atoms with Crippen molar-refractivity contribution in [2.45, 2.75) is 31.8 Å². The summed E-state index contributed by atoms with van der Waals surface area (Å²) in [5.41, 5.74) is 2.24. The fourth-order valence-electron chi connectivity index (χ4n) is 2.99. The molecule has 0 radical (unpaired) electrons. The van der Waals surface area contributed by atoms with Crippen LogP contribution in [0.25, 0.3) is 5.69 Å². The molecule has 1 saturated heterocycles. The van der Waals surface area contributed by atoms with Crippen LogP contribution in [-0.2, 0) is 16.1 Å². The number of methoxy groups -OCH3 is 1. The third kappa shape index (κ3) is 3.20. The van der Waals surface area contributed by atoms with E-state index in [1.165, 1.54) is 12.7 Å². The highest BCUT2D eigenvalue weighted by Crippen LogP contribution is 2.21. The van der Waals surface area contributed by atoms with Gasteiger partial charge in [0.2, 0.25) is 0 Å². The smallest absolute Gasteiger partial charge is 0.323 e. The minimum Gasteiger partial charge on any atom is -0.468 e. The fourth-order valence-corrected chi connectivity index (χ4v) is 2.99. The Hall–Kier alpha value is -2.14. The maximum Gasteiger partial charge on any atom is 0.323 e. The van der Waals surface area contributed by atoms with E-state index in [0.29, 0.717) is 0 Å². The number of ether oxygens (including phenoxy) is 1. The Labute approximate surface area is 130 Å². The largest absolute Gasteiger partial charge is 0.468 e. The summed E-state index contributed by atoms with van der Waals surface area (Å²) >= 11 is 0.